The molecule has 3 nitrogen and oxygen atoms in total. The molecule has 0 aliphatic carbocycles. The van der Waals surface area contributed by atoms with Gasteiger partial charge in [0.25, 0.3) is 0 Å². The van der Waals surface area contributed by atoms with E-state index in [1.807, 2.05) is 24.3 Å². The lowest BCUT2D eigenvalue weighted by atomic mass is 10.0. The highest BCUT2D eigenvalue weighted by Gasteiger charge is 2.12. The summed E-state index contributed by atoms with van der Waals surface area (Å²) in [5.41, 5.74) is 3.12. The molecule has 5 heteroatoms. The molecular formula is C25H27ClFNO2. The van der Waals surface area contributed by atoms with Gasteiger partial charge in [0.1, 0.15) is 12.4 Å². The van der Waals surface area contributed by atoms with E-state index < -0.39 is 0 Å². The number of methoxy groups -OCH3 is 1. The van der Waals surface area contributed by atoms with E-state index in [0.717, 1.165) is 30.5 Å². The van der Waals surface area contributed by atoms with Crippen molar-refractivity contribution in [1.29, 1.82) is 0 Å². The van der Waals surface area contributed by atoms with Crippen molar-refractivity contribution in [2.45, 2.75) is 39.0 Å². The fourth-order valence-electron chi connectivity index (χ4n) is 3.34. The third kappa shape index (κ3) is 5.97. The predicted molar refractivity (Wildman–Crippen MR) is 120 cm³/mol. The van der Waals surface area contributed by atoms with Gasteiger partial charge in [-0.15, -0.1) is 0 Å². The second-order valence-electron chi connectivity index (χ2n) is 7.14. The van der Waals surface area contributed by atoms with Gasteiger partial charge < -0.3 is 14.8 Å². The second kappa shape index (κ2) is 11.0. The molecule has 0 saturated heterocycles. The van der Waals surface area contributed by atoms with E-state index in [1.54, 1.807) is 13.2 Å². The molecule has 0 spiro atoms. The Bertz CT molecular complexity index is 949. The Balaban J connectivity index is 1.65. The molecular weight excluding hydrogens is 401 g/mol. The number of nitrogens with one attached hydrogen (secondary N) is 1. The number of halogens is 2. The third-order valence-electron chi connectivity index (χ3n) is 4.96. The Hall–Kier alpha value is -2.56. The van der Waals surface area contributed by atoms with Crippen molar-refractivity contribution < 1.29 is 13.9 Å². The molecule has 1 atom stereocenters. The van der Waals surface area contributed by atoms with Gasteiger partial charge in [-0.2, -0.15) is 0 Å². The maximum absolute atomic E-state index is 13.2. The summed E-state index contributed by atoms with van der Waals surface area (Å²) < 4.78 is 24.6. The van der Waals surface area contributed by atoms with E-state index in [4.69, 9.17) is 21.1 Å². The Morgan fingerprint density at radius 1 is 1.00 bits per heavy atom. The molecule has 0 fully saturated rings. The molecule has 1 unspecified atom stereocenters. The Morgan fingerprint density at radius 3 is 2.50 bits per heavy atom. The van der Waals surface area contributed by atoms with Gasteiger partial charge in [0.15, 0.2) is 11.5 Å². The predicted octanol–water partition coefficient (Wildman–Crippen LogP) is 6.70. The molecule has 158 valence electrons. The first-order chi connectivity index (χ1) is 14.6. The largest absolute Gasteiger partial charge is 0.493 e. The lowest BCUT2D eigenvalue weighted by Gasteiger charge is -2.19. The molecule has 0 saturated carbocycles. The normalized spacial score (nSPS) is 11.9. The van der Waals surface area contributed by atoms with Crippen molar-refractivity contribution in [3.63, 3.8) is 0 Å². The van der Waals surface area contributed by atoms with Crippen molar-refractivity contribution in [3.8, 4) is 11.5 Å². The maximum atomic E-state index is 13.2. The topological polar surface area (TPSA) is 30.5 Å². The summed E-state index contributed by atoms with van der Waals surface area (Å²) in [7, 11) is 1.62. The third-order valence-corrected chi connectivity index (χ3v) is 5.31. The average molecular weight is 428 g/mol. The summed E-state index contributed by atoms with van der Waals surface area (Å²) in [5, 5.41) is 3.99. The summed E-state index contributed by atoms with van der Waals surface area (Å²) in [6.45, 7) is 3.15. The van der Waals surface area contributed by atoms with Crippen LogP contribution in [0.2, 0.25) is 5.02 Å². The van der Waals surface area contributed by atoms with Gasteiger partial charge in [-0.3, -0.25) is 0 Å². The van der Waals surface area contributed by atoms with Crippen molar-refractivity contribution in [3.05, 3.63) is 94.3 Å². The van der Waals surface area contributed by atoms with Crippen LogP contribution in [0.4, 0.5) is 4.39 Å². The van der Waals surface area contributed by atoms with E-state index in [9.17, 15) is 4.39 Å². The van der Waals surface area contributed by atoms with Gasteiger partial charge in [-0.1, -0.05) is 67.4 Å². The number of hydrogen-bond acceptors (Lipinski definition) is 3. The highest BCUT2D eigenvalue weighted by molar-refractivity contribution is 6.31. The summed E-state index contributed by atoms with van der Waals surface area (Å²) in [6, 6.07) is 21.0. The van der Waals surface area contributed by atoms with E-state index in [-0.39, 0.29) is 12.4 Å². The van der Waals surface area contributed by atoms with Crippen LogP contribution in [0.1, 0.15) is 42.5 Å². The lowest BCUT2D eigenvalue weighted by molar-refractivity contribution is 0.284. The molecule has 0 aliphatic heterocycles. The van der Waals surface area contributed by atoms with Crippen LogP contribution in [0.5, 0.6) is 11.5 Å². The van der Waals surface area contributed by atoms with Gasteiger partial charge in [0.05, 0.1) is 12.1 Å². The average Bonchev–Trinajstić information content (AvgIpc) is 2.77. The summed E-state index contributed by atoms with van der Waals surface area (Å²) >= 11 is 6.08. The number of rotatable bonds is 10. The minimum atomic E-state index is -0.366. The van der Waals surface area contributed by atoms with Crippen LogP contribution >= 0.6 is 11.6 Å². The molecule has 3 aromatic rings. The van der Waals surface area contributed by atoms with Gasteiger partial charge in [0, 0.05) is 18.2 Å². The van der Waals surface area contributed by atoms with Gasteiger partial charge in [-0.05, 0) is 41.8 Å². The molecule has 0 aromatic heterocycles. The molecule has 0 aliphatic rings. The van der Waals surface area contributed by atoms with Crippen LogP contribution in [0.3, 0.4) is 0 Å². The Labute approximate surface area is 182 Å². The summed E-state index contributed by atoms with van der Waals surface area (Å²) in [5.74, 6) is 0.907. The van der Waals surface area contributed by atoms with Crippen molar-refractivity contribution >= 4 is 11.6 Å². The van der Waals surface area contributed by atoms with Crippen molar-refractivity contribution in [2.24, 2.45) is 0 Å². The highest BCUT2D eigenvalue weighted by Crippen LogP contribution is 2.30. The van der Waals surface area contributed by atoms with E-state index >= 15 is 0 Å². The molecule has 0 radical (unpaired) electrons. The van der Waals surface area contributed by atoms with Crippen LogP contribution < -0.4 is 14.8 Å². The maximum Gasteiger partial charge on any atom is 0.161 e. The van der Waals surface area contributed by atoms with Crippen LogP contribution in [-0.2, 0) is 13.2 Å². The molecule has 0 bridgehead atoms. The minimum Gasteiger partial charge on any atom is -0.493 e. The van der Waals surface area contributed by atoms with Crippen LogP contribution in [0, 0.1) is 5.82 Å². The van der Waals surface area contributed by atoms with Gasteiger partial charge in [0.2, 0.25) is 0 Å². The van der Waals surface area contributed by atoms with Crippen molar-refractivity contribution in [2.75, 3.05) is 7.11 Å². The fraction of sp³-hybridized carbons (Fsp3) is 0.280. The second-order valence-corrected chi connectivity index (χ2v) is 7.55. The van der Waals surface area contributed by atoms with E-state index in [1.165, 1.54) is 17.7 Å². The molecule has 3 rings (SSSR count). The molecule has 30 heavy (non-hydrogen) atoms. The van der Waals surface area contributed by atoms with Crippen LogP contribution in [-0.4, -0.2) is 7.11 Å². The smallest absolute Gasteiger partial charge is 0.161 e. The van der Waals surface area contributed by atoms with Crippen molar-refractivity contribution in [1.82, 2.24) is 5.32 Å². The first-order valence-corrected chi connectivity index (χ1v) is 10.5. The SMILES string of the molecule is CCCC(NCc1ccc(OCc2ccc(F)cc2Cl)c(OC)c1)c1ccccc1. The molecule has 0 heterocycles. The zero-order valence-corrected chi connectivity index (χ0v) is 18.1. The van der Waals surface area contributed by atoms with Crippen LogP contribution in [0.15, 0.2) is 66.7 Å². The zero-order chi connectivity index (χ0) is 21.3. The monoisotopic (exact) mass is 427 g/mol. The van der Waals surface area contributed by atoms with E-state index in [0.29, 0.717) is 22.6 Å². The summed E-state index contributed by atoms with van der Waals surface area (Å²) in [4.78, 5) is 0. The number of benzene rings is 3. The summed E-state index contributed by atoms with van der Waals surface area (Å²) in [6.07, 6.45) is 2.18. The number of ether oxygens (including phenoxy) is 2. The minimum absolute atomic E-state index is 0.236. The fourth-order valence-corrected chi connectivity index (χ4v) is 3.56. The van der Waals surface area contributed by atoms with E-state index in [2.05, 4.69) is 36.5 Å². The van der Waals surface area contributed by atoms with Crippen LogP contribution in [0.25, 0.3) is 0 Å². The molecule has 1 N–H and O–H groups in total. The highest BCUT2D eigenvalue weighted by atomic mass is 35.5. The first kappa shape index (κ1) is 22.1. The quantitative estimate of drug-likeness (QED) is 0.390. The standard InChI is InChI=1S/C25H27ClFNO2/c1-3-7-23(19-8-5-4-6-9-19)28-16-18-10-13-24(25(14-18)29-2)30-17-20-11-12-21(27)15-22(20)26/h4-6,8-15,23,28H,3,7,16-17H2,1-2H3. The molecule has 0 amide bonds. The number of hydrogen-bond donors (Lipinski definition) is 1. The van der Waals surface area contributed by atoms with Gasteiger partial charge in [-0.25, -0.2) is 4.39 Å². The Kier molecular flexibility index (Phi) is 8.12. The first-order valence-electron chi connectivity index (χ1n) is 10.1. The molecule has 3 aromatic carbocycles. The lowest BCUT2D eigenvalue weighted by Crippen LogP contribution is -2.20. The Morgan fingerprint density at radius 2 is 1.80 bits per heavy atom. The van der Waals surface area contributed by atoms with Gasteiger partial charge >= 0.3 is 0 Å². The zero-order valence-electron chi connectivity index (χ0n) is 17.3.